The second-order valence-corrected chi connectivity index (χ2v) is 4.18. The number of carboxylic acid groups (broad SMARTS) is 1. The predicted molar refractivity (Wildman–Crippen MR) is 58.8 cm³/mol. The van der Waals surface area contributed by atoms with E-state index in [9.17, 15) is 9.59 Å². The Morgan fingerprint density at radius 2 is 2.41 bits per heavy atom. The molecule has 1 aromatic heterocycles. The van der Waals surface area contributed by atoms with E-state index >= 15 is 0 Å². The molecule has 1 N–H and O–H groups in total. The molecule has 2 rings (SSSR count). The van der Waals surface area contributed by atoms with Crippen LogP contribution in [0.4, 0.5) is 0 Å². The van der Waals surface area contributed by atoms with Gasteiger partial charge in [-0.25, -0.2) is 9.78 Å². The lowest BCUT2D eigenvalue weighted by Gasteiger charge is -2.12. The molecule has 2 heterocycles. The van der Waals surface area contributed by atoms with Gasteiger partial charge in [0.2, 0.25) is 0 Å². The average Bonchev–Trinajstić information content (AvgIpc) is 2.71. The summed E-state index contributed by atoms with van der Waals surface area (Å²) < 4.78 is 6.77. The molecule has 0 saturated carbocycles. The first-order valence-electron chi connectivity index (χ1n) is 5.47. The third-order valence-electron chi connectivity index (χ3n) is 2.80. The molecule has 2 unspecified atom stereocenters. The molecule has 1 aliphatic rings. The van der Waals surface area contributed by atoms with E-state index in [4.69, 9.17) is 9.84 Å². The Kier molecular flexibility index (Phi) is 3.23. The number of carbonyl (C=O) groups is 1. The van der Waals surface area contributed by atoms with E-state index in [0.717, 1.165) is 0 Å². The molecule has 6 nitrogen and oxygen atoms in total. The summed E-state index contributed by atoms with van der Waals surface area (Å²) in [7, 11) is 0. The molecular weight excluding hydrogens is 224 g/mol. The maximum atomic E-state index is 11.6. The topological polar surface area (TPSA) is 81.4 Å². The minimum Gasteiger partial charge on any atom is -0.479 e. The normalized spacial score (nSPS) is 23.8. The summed E-state index contributed by atoms with van der Waals surface area (Å²) in [5.74, 6) is -0.943. The average molecular weight is 238 g/mol. The second kappa shape index (κ2) is 4.67. The molecule has 92 valence electrons. The molecule has 1 saturated heterocycles. The Morgan fingerprint density at radius 3 is 3.00 bits per heavy atom. The van der Waals surface area contributed by atoms with Crippen LogP contribution >= 0.6 is 0 Å². The maximum absolute atomic E-state index is 11.6. The summed E-state index contributed by atoms with van der Waals surface area (Å²) in [4.78, 5) is 26.3. The SMILES string of the molecule is Cc1cc(=O)n(CC2CCC(C(=O)O)O2)cn1. The van der Waals surface area contributed by atoms with E-state index < -0.39 is 12.1 Å². The van der Waals surface area contributed by atoms with Gasteiger partial charge in [0.05, 0.1) is 19.0 Å². The van der Waals surface area contributed by atoms with E-state index in [1.54, 1.807) is 6.92 Å². The van der Waals surface area contributed by atoms with Crippen molar-refractivity contribution in [3.63, 3.8) is 0 Å². The van der Waals surface area contributed by atoms with E-state index in [1.807, 2.05) is 0 Å². The van der Waals surface area contributed by atoms with Gasteiger partial charge < -0.3 is 9.84 Å². The number of carboxylic acids is 1. The molecule has 1 aliphatic heterocycles. The highest BCUT2D eigenvalue weighted by molar-refractivity contribution is 5.72. The summed E-state index contributed by atoms with van der Waals surface area (Å²) in [6.07, 6.45) is 1.65. The minimum absolute atomic E-state index is 0.139. The van der Waals surface area contributed by atoms with Crippen molar-refractivity contribution in [1.82, 2.24) is 9.55 Å². The molecule has 1 fully saturated rings. The van der Waals surface area contributed by atoms with Gasteiger partial charge in [-0.05, 0) is 19.8 Å². The number of aliphatic carboxylic acids is 1. The van der Waals surface area contributed by atoms with Crippen molar-refractivity contribution in [2.24, 2.45) is 0 Å². The lowest BCUT2D eigenvalue weighted by Crippen LogP contribution is -2.28. The summed E-state index contributed by atoms with van der Waals surface area (Å²) >= 11 is 0. The van der Waals surface area contributed by atoms with Crippen LogP contribution in [0.2, 0.25) is 0 Å². The number of rotatable bonds is 3. The van der Waals surface area contributed by atoms with Crippen molar-refractivity contribution in [3.05, 3.63) is 28.4 Å². The number of ether oxygens (including phenoxy) is 1. The molecule has 1 aromatic rings. The third-order valence-corrected chi connectivity index (χ3v) is 2.80. The third kappa shape index (κ3) is 2.71. The van der Waals surface area contributed by atoms with Crippen LogP contribution in [-0.2, 0) is 16.1 Å². The van der Waals surface area contributed by atoms with Crippen LogP contribution in [0.25, 0.3) is 0 Å². The fourth-order valence-electron chi connectivity index (χ4n) is 1.89. The molecule has 0 aromatic carbocycles. The highest BCUT2D eigenvalue weighted by atomic mass is 16.5. The number of aromatic nitrogens is 2. The zero-order valence-corrected chi connectivity index (χ0v) is 9.50. The van der Waals surface area contributed by atoms with Crippen LogP contribution < -0.4 is 5.56 Å². The zero-order chi connectivity index (χ0) is 12.4. The second-order valence-electron chi connectivity index (χ2n) is 4.18. The van der Waals surface area contributed by atoms with Crippen molar-refractivity contribution in [2.75, 3.05) is 0 Å². The quantitative estimate of drug-likeness (QED) is 0.812. The van der Waals surface area contributed by atoms with Gasteiger partial charge in [0.15, 0.2) is 6.10 Å². The fraction of sp³-hybridized carbons (Fsp3) is 0.545. The van der Waals surface area contributed by atoms with Crippen LogP contribution in [0.3, 0.4) is 0 Å². The lowest BCUT2D eigenvalue weighted by atomic mass is 10.2. The van der Waals surface area contributed by atoms with Crippen LogP contribution in [0.15, 0.2) is 17.2 Å². The lowest BCUT2D eigenvalue weighted by molar-refractivity contribution is -0.149. The van der Waals surface area contributed by atoms with Crippen LogP contribution in [0, 0.1) is 6.92 Å². The van der Waals surface area contributed by atoms with Crippen molar-refractivity contribution in [2.45, 2.75) is 38.5 Å². The first-order valence-corrected chi connectivity index (χ1v) is 5.47. The minimum atomic E-state index is -0.943. The van der Waals surface area contributed by atoms with Crippen LogP contribution in [-0.4, -0.2) is 32.8 Å². The van der Waals surface area contributed by atoms with Gasteiger partial charge in [-0.3, -0.25) is 9.36 Å². The molecule has 6 heteroatoms. The highest BCUT2D eigenvalue weighted by Crippen LogP contribution is 2.20. The Bertz CT molecular complexity index is 483. The summed E-state index contributed by atoms with van der Waals surface area (Å²) in [5, 5.41) is 8.78. The van der Waals surface area contributed by atoms with E-state index in [0.29, 0.717) is 25.1 Å². The smallest absolute Gasteiger partial charge is 0.332 e. The standard InChI is InChI=1S/C11H14N2O4/c1-7-4-10(14)13(6-12-7)5-8-2-3-9(17-8)11(15)16/h4,6,8-9H,2-3,5H2,1H3,(H,15,16). The zero-order valence-electron chi connectivity index (χ0n) is 9.50. The van der Waals surface area contributed by atoms with Crippen LogP contribution in [0.5, 0.6) is 0 Å². The van der Waals surface area contributed by atoms with Gasteiger partial charge in [-0.1, -0.05) is 0 Å². The Hall–Kier alpha value is -1.69. The van der Waals surface area contributed by atoms with E-state index in [-0.39, 0.29) is 11.7 Å². The Balaban J connectivity index is 2.03. The van der Waals surface area contributed by atoms with Crippen molar-refractivity contribution in [3.8, 4) is 0 Å². The largest absolute Gasteiger partial charge is 0.479 e. The summed E-state index contributed by atoms with van der Waals surface area (Å²) in [5.41, 5.74) is 0.530. The van der Waals surface area contributed by atoms with Gasteiger partial charge in [-0.2, -0.15) is 0 Å². The number of hydrogen-bond acceptors (Lipinski definition) is 4. The molecule has 0 bridgehead atoms. The van der Waals surface area contributed by atoms with Crippen LogP contribution in [0.1, 0.15) is 18.5 Å². The Morgan fingerprint density at radius 1 is 1.65 bits per heavy atom. The van der Waals surface area contributed by atoms with Crippen molar-refractivity contribution >= 4 is 5.97 Å². The Labute approximate surface area is 97.9 Å². The molecule has 17 heavy (non-hydrogen) atoms. The maximum Gasteiger partial charge on any atom is 0.332 e. The first kappa shape index (κ1) is 11.8. The molecular formula is C11H14N2O4. The number of nitrogens with zero attached hydrogens (tertiary/aromatic N) is 2. The van der Waals surface area contributed by atoms with Gasteiger partial charge in [0.25, 0.3) is 5.56 Å². The summed E-state index contributed by atoms with van der Waals surface area (Å²) in [6, 6.07) is 1.45. The highest BCUT2D eigenvalue weighted by Gasteiger charge is 2.30. The van der Waals surface area contributed by atoms with Gasteiger partial charge in [0, 0.05) is 11.8 Å². The summed E-state index contributed by atoms with van der Waals surface area (Å²) in [6.45, 7) is 2.11. The number of aryl methyl sites for hydroxylation is 1. The molecule has 0 aliphatic carbocycles. The van der Waals surface area contributed by atoms with Gasteiger partial charge in [-0.15, -0.1) is 0 Å². The van der Waals surface area contributed by atoms with Gasteiger partial charge >= 0.3 is 5.97 Å². The van der Waals surface area contributed by atoms with Gasteiger partial charge in [0.1, 0.15) is 0 Å². The van der Waals surface area contributed by atoms with Crippen molar-refractivity contribution < 1.29 is 14.6 Å². The molecule has 0 amide bonds. The monoisotopic (exact) mass is 238 g/mol. The molecule has 0 spiro atoms. The predicted octanol–water partition coefficient (Wildman–Crippen LogP) is 0.184. The van der Waals surface area contributed by atoms with E-state index in [1.165, 1.54) is 17.0 Å². The molecule has 2 atom stereocenters. The number of hydrogen-bond donors (Lipinski definition) is 1. The van der Waals surface area contributed by atoms with Crippen molar-refractivity contribution in [1.29, 1.82) is 0 Å². The van der Waals surface area contributed by atoms with E-state index in [2.05, 4.69) is 4.98 Å². The molecule has 0 radical (unpaired) electrons. The first-order chi connectivity index (χ1) is 8.06. The fourth-order valence-corrected chi connectivity index (χ4v) is 1.89.